The molecule has 2 aromatic heterocycles. The summed E-state index contributed by atoms with van der Waals surface area (Å²) >= 11 is 0. The van der Waals surface area contributed by atoms with Crippen molar-refractivity contribution in [1.82, 2.24) is 19.8 Å². The Hall–Kier alpha value is -3.80. The Morgan fingerprint density at radius 2 is 1.10 bits per heavy atom. The number of aromatic amines is 2. The van der Waals surface area contributed by atoms with Gasteiger partial charge in [-0.2, -0.15) is 0 Å². The Balaban J connectivity index is 1.79. The van der Waals surface area contributed by atoms with Gasteiger partial charge in [0.15, 0.2) is 0 Å². The van der Waals surface area contributed by atoms with Crippen molar-refractivity contribution < 1.29 is 9.59 Å². The maximum Gasteiger partial charge on any atom is 0.224 e. The zero-order chi connectivity index (χ0) is 20.8. The number of aromatic nitrogens is 2. The molecule has 2 amide bonds. The number of amides is 2. The fourth-order valence-electron chi connectivity index (χ4n) is 4.55. The molecule has 30 heavy (non-hydrogen) atoms. The van der Waals surface area contributed by atoms with Crippen molar-refractivity contribution in [2.75, 3.05) is 0 Å². The highest BCUT2D eigenvalue weighted by atomic mass is 16.2. The second-order valence-electron chi connectivity index (χ2n) is 7.62. The molecule has 0 saturated carbocycles. The normalized spacial score (nSPS) is 19.0. The van der Waals surface area contributed by atoms with E-state index in [0.29, 0.717) is 0 Å². The fourth-order valence-corrected chi connectivity index (χ4v) is 4.55. The molecule has 150 valence electrons. The Morgan fingerprint density at radius 1 is 0.700 bits per heavy atom. The Morgan fingerprint density at radius 3 is 1.50 bits per heavy atom. The summed E-state index contributed by atoms with van der Waals surface area (Å²) in [5.41, 5.74) is 3.95. The molecule has 2 atom stereocenters. The third-order valence-electron chi connectivity index (χ3n) is 5.89. The number of carbonyl (C=O) groups is 2. The Bertz CT molecular complexity index is 1200. The van der Waals surface area contributed by atoms with Crippen molar-refractivity contribution in [1.29, 1.82) is 0 Å². The lowest BCUT2D eigenvalue weighted by molar-refractivity contribution is -0.136. The summed E-state index contributed by atoms with van der Waals surface area (Å²) in [5.74, 6) is -0.149. The highest BCUT2D eigenvalue weighted by molar-refractivity contribution is 5.88. The van der Waals surface area contributed by atoms with E-state index in [1.54, 1.807) is 36.0 Å². The molecule has 0 bridgehead atoms. The average molecular weight is 398 g/mol. The first-order valence-corrected chi connectivity index (χ1v) is 9.94. The van der Waals surface area contributed by atoms with E-state index in [-0.39, 0.29) is 23.9 Å². The van der Waals surface area contributed by atoms with Gasteiger partial charge in [-0.15, -0.1) is 0 Å². The van der Waals surface area contributed by atoms with Crippen LogP contribution in [-0.4, -0.2) is 31.6 Å². The highest BCUT2D eigenvalue weighted by Gasteiger charge is 2.40. The highest BCUT2D eigenvalue weighted by Crippen LogP contribution is 2.45. The first kappa shape index (κ1) is 18.2. The molecule has 3 heterocycles. The van der Waals surface area contributed by atoms with Crippen molar-refractivity contribution in [3.8, 4) is 0 Å². The largest absolute Gasteiger partial charge is 0.361 e. The summed E-state index contributed by atoms with van der Waals surface area (Å²) in [4.78, 5) is 35.4. The number of H-pyrrole nitrogens is 2. The Labute approximate surface area is 173 Å². The van der Waals surface area contributed by atoms with Gasteiger partial charge < -0.3 is 19.8 Å². The SMILES string of the molecule is CC(=O)N1C=CN(C(C)=O)[C@@H](c2c[nH]c3ccccc23)[C@H]1c1c[nH]c2ccccc12. The number of hydrogen-bond acceptors (Lipinski definition) is 2. The van der Waals surface area contributed by atoms with Crippen molar-refractivity contribution in [3.63, 3.8) is 0 Å². The van der Waals surface area contributed by atoms with Crippen LogP contribution in [0.4, 0.5) is 0 Å². The molecular weight excluding hydrogens is 376 g/mol. The second kappa shape index (κ2) is 6.91. The van der Waals surface area contributed by atoms with Crippen LogP contribution in [0.3, 0.4) is 0 Å². The van der Waals surface area contributed by atoms with Gasteiger partial charge in [0.1, 0.15) is 0 Å². The van der Waals surface area contributed by atoms with Crippen LogP contribution in [0.2, 0.25) is 0 Å². The van der Waals surface area contributed by atoms with Gasteiger partial charge in [0.25, 0.3) is 0 Å². The molecule has 1 aliphatic rings. The third kappa shape index (κ3) is 2.72. The van der Waals surface area contributed by atoms with E-state index in [1.807, 2.05) is 60.9 Å². The molecule has 4 aromatic rings. The molecule has 0 radical (unpaired) electrons. The smallest absolute Gasteiger partial charge is 0.224 e. The lowest BCUT2D eigenvalue weighted by Crippen LogP contribution is -2.44. The van der Waals surface area contributed by atoms with Crippen LogP contribution < -0.4 is 0 Å². The van der Waals surface area contributed by atoms with E-state index < -0.39 is 0 Å². The van der Waals surface area contributed by atoms with Crippen molar-refractivity contribution >= 4 is 33.6 Å². The molecule has 0 saturated heterocycles. The van der Waals surface area contributed by atoms with Gasteiger partial charge in [0, 0.05) is 71.6 Å². The van der Waals surface area contributed by atoms with Gasteiger partial charge in [-0.3, -0.25) is 9.59 Å². The quantitative estimate of drug-likeness (QED) is 0.517. The molecule has 6 heteroatoms. The van der Waals surface area contributed by atoms with Crippen LogP contribution in [0.15, 0.2) is 73.3 Å². The number of carbonyl (C=O) groups excluding carboxylic acids is 2. The standard InChI is InChI=1S/C24H22N4O2/c1-15(29)27-11-12-28(16(2)30)24(20-14-26-22-10-6-4-8-18(20)22)23(27)19-13-25-21-9-5-3-7-17(19)21/h3-14,23-26H,1-2H3/t23-,24+. The maximum absolute atomic E-state index is 12.6. The summed E-state index contributed by atoms with van der Waals surface area (Å²) in [5, 5.41) is 2.08. The van der Waals surface area contributed by atoms with Crippen LogP contribution in [0.5, 0.6) is 0 Å². The van der Waals surface area contributed by atoms with E-state index in [1.165, 1.54) is 0 Å². The minimum Gasteiger partial charge on any atom is -0.361 e. The van der Waals surface area contributed by atoms with E-state index in [9.17, 15) is 9.59 Å². The number of rotatable bonds is 2. The van der Waals surface area contributed by atoms with Crippen LogP contribution in [-0.2, 0) is 9.59 Å². The first-order valence-electron chi connectivity index (χ1n) is 9.94. The van der Waals surface area contributed by atoms with Crippen molar-refractivity contribution in [2.45, 2.75) is 25.9 Å². The average Bonchev–Trinajstić information content (AvgIpc) is 3.36. The molecule has 0 fully saturated rings. The van der Waals surface area contributed by atoms with Gasteiger partial charge in [-0.05, 0) is 12.1 Å². The molecule has 5 rings (SSSR count). The molecule has 6 nitrogen and oxygen atoms in total. The van der Waals surface area contributed by atoms with Crippen molar-refractivity contribution in [2.24, 2.45) is 0 Å². The van der Waals surface area contributed by atoms with E-state index in [0.717, 1.165) is 32.9 Å². The maximum atomic E-state index is 12.6. The number of nitrogens with one attached hydrogen (secondary N) is 2. The van der Waals surface area contributed by atoms with E-state index >= 15 is 0 Å². The zero-order valence-electron chi connectivity index (χ0n) is 16.8. The summed E-state index contributed by atoms with van der Waals surface area (Å²) in [6.45, 7) is 3.11. The number of nitrogens with zero attached hydrogens (tertiary/aromatic N) is 2. The fraction of sp³-hybridized carbons (Fsp3) is 0.167. The monoisotopic (exact) mass is 398 g/mol. The van der Waals surface area contributed by atoms with Crippen molar-refractivity contribution in [3.05, 3.63) is 84.5 Å². The molecule has 0 unspecified atom stereocenters. The van der Waals surface area contributed by atoms with Crippen LogP contribution in [0.25, 0.3) is 21.8 Å². The number of hydrogen-bond donors (Lipinski definition) is 2. The van der Waals surface area contributed by atoms with E-state index in [2.05, 4.69) is 9.97 Å². The lowest BCUT2D eigenvalue weighted by atomic mass is 9.89. The van der Waals surface area contributed by atoms with Crippen LogP contribution >= 0.6 is 0 Å². The Kier molecular flexibility index (Phi) is 4.20. The van der Waals surface area contributed by atoms with Gasteiger partial charge in [0.05, 0.1) is 12.1 Å². The molecule has 2 N–H and O–H groups in total. The summed E-state index contributed by atoms with van der Waals surface area (Å²) < 4.78 is 0. The first-order chi connectivity index (χ1) is 14.6. The number of fused-ring (bicyclic) bond motifs is 2. The van der Waals surface area contributed by atoms with Crippen LogP contribution in [0.1, 0.15) is 37.1 Å². The predicted octanol–water partition coefficient (Wildman–Crippen LogP) is 4.61. The summed E-state index contributed by atoms with van der Waals surface area (Å²) in [7, 11) is 0. The molecule has 2 aromatic carbocycles. The zero-order valence-corrected chi connectivity index (χ0v) is 16.8. The third-order valence-corrected chi connectivity index (χ3v) is 5.89. The van der Waals surface area contributed by atoms with Gasteiger partial charge in [0.2, 0.25) is 11.8 Å². The lowest BCUT2D eigenvalue weighted by Gasteiger charge is -2.43. The predicted molar refractivity (Wildman–Crippen MR) is 116 cm³/mol. The van der Waals surface area contributed by atoms with Gasteiger partial charge in [-0.25, -0.2) is 0 Å². The second-order valence-corrected chi connectivity index (χ2v) is 7.62. The number of benzene rings is 2. The molecular formula is C24H22N4O2. The topological polar surface area (TPSA) is 72.2 Å². The van der Waals surface area contributed by atoms with E-state index in [4.69, 9.17) is 0 Å². The van der Waals surface area contributed by atoms with Gasteiger partial charge in [-0.1, -0.05) is 36.4 Å². The molecule has 0 spiro atoms. The van der Waals surface area contributed by atoms with Gasteiger partial charge >= 0.3 is 0 Å². The minimum atomic E-state index is -0.369. The molecule has 0 aliphatic carbocycles. The summed E-state index contributed by atoms with van der Waals surface area (Å²) in [6, 6.07) is 15.3. The minimum absolute atomic E-state index is 0.0745. The summed E-state index contributed by atoms with van der Waals surface area (Å²) in [6.07, 6.45) is 7.32. The number of para-hydroxylation sites is 2. The molecule has 1 aliphatic heterocycles. The van der Waals surface area contributed by atoms with Crippen LogP contribution in [0, 0.1) is 0 Å².